The van der Waals surface area contributed by atoms with Gasteiger partial charge in [-0.2, -0.15) is 20.1 Å². The fourth-order valence-corrected chi connectivity index (χ4v) is 3.84. The molecule has 2 aliphatic rings. The van der Waals surface area contributed by atoms with Gasteiger partial charge in [-0.25, -0.2) is 5.43 Å². The summed E-state index contributed by atoms with van der Waals surface area (Å²) in [5.41, 5.74) is 4.54. The first-order chi connectivity index (χ1) is 17.2. The van der Waals surface area contributed by atoms with Gasteiger partial charge in [0, 0.05) is 50.2 Å². The molecule has 1 aromatic carbocycles. The van der Waals surface area contributed by atoms with Crippen LogP contribution in [0.1, 0.15) is 5.69 Å². The summed E-state index contributed by atoms with van der Waals surface area (Å²) in [4.78, 5) is 28.5. The zero-order chi connectivity index (χ0) is 24.0. The number of aromatic nitrogens is 4. The van der Waals surface area contributed by atoms with Crippen LogP contribution in [0.4, 0.5) is 23.5 Å². The minimum absolute atomic E-state index is 0.0415. The van der Waals surface area contributed by atoms with Crippen LogP contribution < -0.4 is 15.2 Å². The monoisotopic (exact) mass is 479 g/mol. The molecule has 0 atom stereocenters. The number of non-ortho nitro benzene ring substituents is 1. The molecule has 2 aromatic heterocycles. The Bertz CT molecular complexity index is 1150. The molecule has 5 rings (SSSR count). The van der Waals surface area contributed by atoms with Gasteiger partial charge in [-0.3, -0.25) is 10.1 Å². The molecule has 0 amide bonds. The van der Waals surface area contributed by atoms with E-state index in [0.717, 1.165) is 11.4 Å². The molecule has 0 aliphatic carbocycles. The highest BCUT2D eigenvalue weighted by atomic mass is 16.6. The highest BCUT2D eigenvalue weighted by Gasteiger charge is 2.20. The molecule has 13 nitrogen and oxygen atoms in total. The van der Waals surface area contributed by atoms with Gasteiger partial charge in [0.05, 0.1) is 43.3 Å². The van der Waals surface area contributed by atoms with Crippen LogP contribution in [-0.2, 0) is 9.47 Å². The summed E-state index contributed by atoms with van der Waals surface area (Å²) in [5.74, 6) is 1.50. The van der Waals surface area contributed by atoms with Gasteiger partial charge in [-0.05, 0) is 24.3 Å². The molecule has 0 saturated carbocycles. The van der Waals surface area contributed by atoms with Crippen molar-refractivity contribution in [3.63, 3.8) is 0 Å². The highest BCUT2D eigenvalue weighted by Crippen LogP contribution is 2.19. The number of benzene rings is 1. The first-order valence-corrected chi connectivity index (χ1v) is 11.3. The van der Waals surface area contributed by atoms with Crippen LogP contribution >= 0.6 is 0 Å². The Hall–Kier alpha value is -4.10. The van der Waals surface area contributed by atoms with Crippen LogP contribution in [0.2, 0.25) is 0 Å². The highest BCUT2D eigenvalue weighted by molar-refractivity contribution is 5.79. The summed E-state index contributed by atoms with van der Waals surface area (Å²) in [6, 6.07) is 10.1. The lowest BCUT2D eigenvalue weighted by molar-refractivity contribution is -0.384. The van der Waals surface area contributed by atoms with Crippen molar-refractivity contribution in [3.8, 4) is 5.69 Å². The standard InChI is InChI=1S/C22H25N9O4/c32-31(33)18-5-3-17(4-6-18)30-7-1-2-19(30)16-23-27-20-24-21(28-8-12-34-13-9-28)26-22(25-20)29-10-14-35-15-11-29/h1-7,16H,8-15H2,(H,24,25,26,27)/b23-16+. The van der Waals surface area contributed by atoms with Crippen molar-refractivity contribution in [2.75, 3.05) is 67.8 Å². The second kappa shape index (κ2) is 10.4. The van der Waals surface area contributed by atoms with Gasteiger partial charge in [0.2, 0.25) is 17.8 Å². The van der Waals surface area contributed by atoms with Crippen molar-refractivity contribution in [1.29, 1.82) is 0 Å². The number of ether oxygens (including phenoxy) is 2. The van der Waals surface area contributed by atoms with Crippen molar-refractivity contribution >= 4 is 29.7 Å². The van der Waals surface area contributed by atoms with Crippen molar-refractivity contribution in [2.45, 2.75) is 0 Å². The quantitative estimate of drug-likeness (QED) is 0.303. The topological polar surface area (TPSA) is 136 Å². The summed E-state index contributed by atoms with van der Waals surface area (Å²) < 4.78 is 12.8. The van der Waals surface area contributed by atoms with Crippen molar-refractivity contribution in [1.82, 2.24) is 19.5 Å². The molecule has 0 bridgehead atoms. The number of morpholine rings is 2. The zero-order valence-electron chi connectivity index (χ0n) is 19.0. The Kier molecular flexibility index (Phi) is 6.77. The summed E-state index contributed by atoms with van der Waals surface area (Å²) in [5, 5.41) is 15.3. The summed E-state index contributed by atoms with van der Waals surface area (Å²) in [7, 11) is 0. The SMILES string of the molecule is O=[N+]([O-])c1ccc(-n2cccc2/C=N/Nc2nc(N3CCOCC3)nc(N3CCOCC3)n2)cc1. The number of hydrazone groups is 1. The largest absolute Gasteiger partial charge is 0.378 e. The molecular weight excluding hydrogens is 454 g/mol. The van der Waals surface area contributed by atoms with Gasteiger partial charge < -0.3 is 23.8 Å². The fraction of sp³-hybridized carbons (Fsp3) is 0.364. The molecule has 0 radical (unpaired) electrons. The fourth-order valence-electron chi connectivity index (χ4n) is 3.84. The minimum atomic E-state index is -0.420. The molecular formula is C22H25N9O4. The summed E-state index contributed by atoms with van der Waals surface area (Å²) in [6.45, 7) is 5.32. The number of nitro benzene ring substituents is 1. The lowest BCUT2D eigenvalue weighted by atomic mass is 10.3. The smallest absolute Gasteiger partial charge is 0.269 e. The number of hydrogen-bond acceptors (Lipinski definition) is 11. The first-order valence-electron chi connectivity index (χ1n) is 11.3. The van der Waals surface area contributed by atoms with Crippen molar-refractivity contribution in [3.05, 3.63) is 58.4 Å². The lowest BCUT2D eigenvalue weighted by Gasteiger charge is -2.30. The third-order valence-corrected chi connectivity index (χ3v) is 5.68. The number of rotatable bonds is 7. The average molecular weight is 480 g/mol. The Morgan fingerprint density at radius 2 is 1.51 bits per heavy atom. The molecule has 4 heterocycles. The molecule has 35 heavy (non-hydrogen) atoms. The van der Waals surface area contributed by atoms with E-state index in [0.29, 0.717) is 70.5 Å². The Balaban J connectivity index is 1.36. The molecule has 13 heteroatoms. The van der Waals surface area contributed by atoms with E-state index in [1.807, 2.05) is 22.9 Å². The van der Waals surface area contributed by atoms with Crippen LogP contribution in [-0.4, -0.2) is 83.3 Å². The molecule has 0 unspecified atom stereocenters. The number of hydrogen-bond donors (Lipinski definition) is 1. The van der Waals surface area contributed by atoms with Crippen LogP contribution in [0.5, 0.6) is 0 Å². The third-order valence-electron chi connectivity index (χ3n) is 5.68. The van der Waals surface area contributed by atoms with Crippen molar-refractivity contribution < 1.29 is 14.4 Å². The van der Waals surface area contributed by atoms with E-state index in [-0.39, 0.29) is 5.69 Å². The molecule has 182 valence electrons. The summed E-state index contributed by atoms with van der Waals surface area (Å²) in [6.07, 6.45) is 3.51. The predicted molar refractivity (Wildman–Crippen MR) is 130 cm³/mol. The van der Waals surface area contributed by atoms with Gasteiger partial charge in [0.25, 0.3) is 5.69 Å². The number of nitrogens with one attached hydrogen (secondary N) is 1. The average Bonchev–Trinajstić information content (AvgIpc) is 3.38. The summed E-state index contributed by atoms with van der Waals surface area (Å²) >= 11 is 0. The van der Waals surface area contributed by atoms with Crippen LogP contribution in [0, 0.1) is 10.1 Å². The number of nitro groups is 1. The van der Waals surface area contributed by atoms with Gasteiger partial charge >= 0.3 is 0 Å². The van der Waals surface area contributed by atoms with E-state index in [4.69, 9.17) is 9.47 Å². The van der Waals surface area contributed by atoms with E-state index in [1.165, 1.54) is 12.1 Å². The van der Waals surface area contributed by atoms with Gasteiger partial charge in [-0.1, -0.05) is 0 Å². The van der Waals surface area contributed by atoms with Crippen molar-refractivity contribution in [2.24, 2.45) is 5.10 Å². The minimum Gasteiger partial charge on any atom is -0.378 e. The maximum Gasteiger partial charge on any atom is 0.269 e. The molecule has 3 aromatic rings. The first kappa shape index (κ1) is 22.7. The number of nitrogens with zero attached hydrogens (tertiary/aromatic N) is 8. The molecule has 0 spiro atoms. The Labute approximate surface area is 201 Å². The lowest BCUT2D eigenvalue weighted by Crippen LogP contribution is -2.40. The maximum atomic E-state index is 10.9. The van der Waals surface area contributed by atoms with Crippen LogP contribution in [0.3, 0.4) is 0 Å². The normalized spacial score (nSPS) is 16.6. The second-order valence-electron chi connectivity index (χ2n) is 7.90. The zero-order valence-corrected chi connectivity index (χ0v) is 19.0. The van der Waals surface area contributed by atoms with E-state index in [9.17, 15) is 10.1 Å². The van der Waals surface area contributed by atoms with E-state index >= 15 is 0 Å². The van der Waals surface area contributed by atoms with Crippen LogP contribution in [0.15, 0.2) is 47.7 Å². The Morgan fingerprint density at radius 3 is 2.09 bits per heavy atom. The van der Waals surface area contributed by atoms with E-state index < -0.39 is 4.92 Å². The van der Waals surface area contributed by atoms with E-state index in [2.05, 4.69) is 35.3 Å². The van der Waals surface area contributed by atoms with Gasteiger partial charge in [-0.15, -0.1) is 0 Å². The van der Waals surface area contributed by atoms with E-state index in [1.54, 1.807) is 18.3 Å². The third kappa shape index (κ3) is 5.36. The molecule has 2 fully saturated rings. The predicted octanol–water partition coefficient (Wildman–Crippen LogP) is 1.69. The molecule has 2 aliphatic heterocycles. The molecule has 1 N–H and O–H groups in total. The Morgan fingerprint density at radius 1 is 0.914 bits per heavy atom. The van der Waals surface area contributed by atoms with Crippen LogP contribution in [0.25, 0.3) is 5.69 Å². The number of anilines is 3. The second-order valence-corrected chi connectivity index (χ2v) is 7.90. The maximum absolute atomic E-state index is 10.9. The van der Waals surface area contributed by atoms with Gasteiger partial charge in [0.15, 0.2) is 0 Å². The van der Waals surface area contributed by atoms with Gasteiger partial charge in [0.1, 0.15) is 0 Å². The molecule has 2 saturated heterocycles.